The fraction of sp³-hybridized carbons (Fsp3) is 0.784. The van der Waals surface area contributed by atoms with Gasteiger partial charge in [-0.2, -0.15) is 0 Å². The van der Waals surface area contributed by atoms with Crippen LogP contribution in [0.15, 0.2) is 48.6 Å². The van der Waals surface area contributed by atoms with E-state index < -0.39 is 6.10 Å². The highest BCUT2D eigenvalue weighted by molar-refractivity contribution is 5.71. The Morgan fingerprint density at radius 1 is 0.351 bits per heavy atom. The zero-order valence-electron chi connectivity index (χ0n) is 37.6. The topological polar surface area (TPSA) is 78.9 Å². The van der Waals surface area contributed by atoms with Crippen LogP contribution in [0.1, 0.15) is 239 Å². The summed E-state index contributed by atoms with van der Waals surface area (Å²) in [5.41, 5.74) is 0. The number of ether oxygens (including phenoxy) is 3. The molecule has 1 unspecified atom stereocenters. The Kier molecular flexibility index (Phi) is 43.9. The van der Waals surface area contributed by atoms with Gasteiger partial charge < -0.3 is 14.2 Å². The Morgan fingerprint density at radius 3 is 1.14 bits per heavy atom. The van der Waals surface area contributed by atoms with Gasteiger partial charge in [-0.3, -0.25) is 14.4 Å². The second-order valence-corrected chi connectivity index (χ2v) is 16.0. The Labute approximate surface area is 352 Å². The Morgan fingerprint density at radius 2 is 0.667 bits per heavy atom. The van der Waals surface area contributed by atoms with E-state index in [4.69, 9.17) is 14.2 Å². The molecule has 0 heterocycles. The summed E-state index contributed by atoms with van der Waals surface area (Å²) in [5, 5.41) is 0. The van der Waals surface area contributed by atoms with E-state index in [2.05, 4.69) is 69.4 Å². The highest BCUT2D eigenvalue weighted by Gasteiger charge is 2.19. The van der Waals surface area contributed by atoms with E-state index in [1.807, 2.05) is 0 Å². The third-order valence-electron chi connectivity index (χ3n) is 10.3. The monoisotopic (exact) mass is 799 g/mol. The summed E-state index contributed by atoms with van der Waals surface area (Å²) in [7, 11) is 0. The van der Waals surface area contributed by atoms with Crippen molar-refractivity contribution in [1.29, 1.82) is 0 Å². The van der Waals surface area contributed by atoms with E-state index in [1.54, 1.807) is 0 Å². The lowest BCUT2D eigenvalue weighted by molar-refractivity contribution is -0.167. The van der Waals surface area contributed by atoms with Crippen molar-refractivity contribution < 1.29 is 28.6 Å². The van der Waals surface area contributed by atoms with Crippen LogP contribution in [0.5, 0.6) is 0 Å². The summed E-state index contributed by atoms with van der Waals surface area (Å²) in [6.45, 7) is 6.50. The lowest BCUT2D eigenvalue weighted by atomic mass is 10.1. The lowest BCUT2D eigenvalue weighted by Gasteiger charge is -2.18. The van der Waals surface area contributed by atoms with Crippen LogP contribution in [0.25, 0.3) is 0 Å². The number of hydrogen-bond acceptors (Lipinski definition) is 6. The fourth-order valence-corrected chi connectivity index (χ4v) is 6.59. The van der Waals surface area contributed by atoms with Crippen molar-refractivity contribution >= 4 is 17.9 Å². The smallest absolute Gasteiger partial charge is 0.306 e. The van der Waals surface area contributed by atoms with Crippen molar-refractivity contribution in [3.05, 3.63) is 48.6 Å². The molecule has 0 N–H and O–H groups in total. The van der Waals surface area contributed by atoms with Gasteiger partial charge in [-0.05, 0) is 83.5 Å². The molecule has 0 aromatic carbocycles. The lowest BCUT2D eigenvalue weighted by Crippen LogP contribution is -2.30. The van der Waals surface area contributed by atoms with E-state index in [1.165, 1.54) is 128 Å². The zero-order chi connectivity index (χ0) is 41.5. The summed E-state index contributed by atoms with van der Waals surface area (Å²) in [5.74, 6) is -0.936. The zero-order valence-corrected chi connectivity index (χ0v) is 37.6. The molecule has 6 heteroatoms. The van der Waals surface area contributed by atoms with Crippen molar-refractivity contribution in [1.82, 2.24) is 0 Å². The third kappa shape index (κ3) is 44.3. The second-order valence-electron chi connectivity index (χ2n) is 16.0. The van der Waals surface area contributed by atoms with E-state index in [0.29, 0.717) is 25.7 Å². The molecule has 0 radical (unpaired) electrons. The molecule has 0 rings (SSSR count). The van der Waals surface area contributed by atoms with Crippen molar-refractivity contribution in [2.24, 2.45) is 0 Å². The van der Waals surface area contributed by atoms with E-state index in [-0.39, 0.29) is 31.1 Å². The summed E-state index contributed by atoms with van der Waals surface area (Å²) in [6, 6.07) is 0. The van der Waals surface area contributed by atoms with Gasteiger partial charge in [0, 0.05) is 19.3 Å². The predicted molar refractivity (Wildman–Crippen MR) is 242 cm³/mol. The number of carbonyl (C=O) groups is 3. The normalized spacial score (nSPS) is 12.4. The molecule has 1 atom stereocenters. The predicted octanol–water partition coefficient (Wildman–Crippen LogP) is 15.5. The van der Waals surface area contributed by atoms with Crippen molar-refractivity contribution in [2.45, 2.75) is 245 Å². The van der Waals surface area contributed by atoms with Gasteiger partial charge in [0.05, 0.1) is 0 Å². The van der Waals surface area contributed by atoms with Gasteiger partial charge in [0.2, 0.25) is 0 Å². The van der Waals surface area contributed by atoms with Crippen molar-refractivity contribution in [3.63, 3.8) is 0 Å². The maximum atomic E-state index is 12.7. The van der Waals surface area contributed by atoms with Gasteiger partial charge in [0.1, 0.15) is 13.2 Å². The highest BCUT2D eigenvalue weighted by Crippen LogP contribution is 2.14. The Hall–Kier alpha value is -2.63. The first-order chi connectivity index (χ1) is 28.0. The van der Waals surface area contributed by atoms with E-state index in [9.17, 15) is 14.4 Å². The maximum absolute atomic E-state index is 12.7. The summed E-state index contributed by atoms with van der Waals surface area (Å²) in [4.78, 5) is 37.7. The highest BCUT2D eigenvalue weighted by atomic mass is 16.6. The quantitative estimate of drug-likeness (QED) is 0.0201. The molecule has 0 aliphatic heterocycles. The van der Waals surface area contributed by atoms with Gasteiger partial charge in [-0.1, -0.05) is 185 Å². The largest absolute Gasteiger partial charge is 0.462 e. The average molecular weight is 799 g/mol. The molecular formula is C51H90O6. The summed E-state index contributed by atoms with van der Waals surface area (Å²) in [6.07, 6.45) is 53.9. The third-order valence-corrected chi connectivity index (χ3v) is 10.3. The van der Waals surface area contributed by atoms with Crippen molar-refractivity contribution in [2.75, 3.05) is 13.2 Å². The van der Waals surface area contributed by atoms with Gasteiger partial charge >= 0.3 is 17.9 Å². The number of rotatable bonds is 43. The van der Waals surface area contributed by atoms with Gasteiger partial charge in [-0.15, -0.1) is 0 Å². The van der Waals surface area contributed by atoms with Gasteiger partial charge in [0.15, 0.2) is 6.10 Å². The van der Waals surface area contributed by atoms with Crippen molar-refractivity contribution in [3.8, 4) is 0 Å². The molecular weight excluding hydrogens is 709 g/mol. The second kappa shape index (κ2) is 46.1. The van der Waals surface area contributed by atoms with Crippen LogP contribution in [0.2, 0.25) is 0 Å². The average Bonchev–Trinajstić information content (AvgIpc) is 3.21. The van der Waals surface area contributed by atoms with Crippen LogP contribution in [-0.2, 0) is 28.6 Å². The number of allylic oxidation sites excluding steroid dienone is 8. The Bertz CT molecular complexity index is 1010. The molecule has 0 aliphatic carbocycles. The molecule has 0 saturated carbocycles. The van der Waals surface area contributed by atoms with Crippen LogP contribution < -0.4 is 0 Å². The minimum atomic E-state index is -0.786. The maximum Gasteiger partial charge on any atom is 0.306 e. The van der Waals surface area contributed by atoms with Crippen LogP contribution >= 0.6 is 0 Å². The first-order valence-electron chi connectivity index (χ1n) is 24.2. The molecule has 0 amide bonds. The van der Waals surface area contributed by atoms with E-state index >= 15 is 0 Å². The molecule has 0 fully saturated rings. The van der Waals surface area contributed by atoms with E-state index in [0.717, 1.165) is 64.2 Å². The minimum Gasteiger partial charge on any atom is -0.462 e. The number of carbonyl (C=O) groups excluding carboxylic acids is 3. The summed E-state index contributed by atoms with van der Waals surface area (Å²) < 4.78 is 16.7. The number of esters is 3. The minimum absolute atomic E-state index is 0.0865. The molecule has 0 aromatic heterocycles. The standard InChI is InChI=1S/C51H90O6/c1-4-7-10-13-16-19-21-22-23-24-25-26-27-28-30-32-35-38-41-44-50(53)56-47-48(46-55-49(52)43-40-37-34-31-18-15-12-9-6-3)57-51(54)45-42-39-36-33-29-20-17-14-11-8-5-2/h14,16-17,19,21-22,31,34,48H,4-13,15,18,20,23-30,32-33,35-47H2,1-3H3/b17-14-,19-16-,22-21-,34-31-. The molecule has 330 valence electrons. The molecule has 0 bridgehead atoms. The number of hydrogen-bond donors (Lipinski definition) is 0. The molecule has 0 spiro atoms. The van der Waals surface area contributed by atoms with Gasteiger partial charge in [0.25, 0.3) is 0 Å². The molecule has 0 saturated heterocycles. The van der Waals surface area contributed by atoms with Crippen LogP contribution in [0.4, 0.5) is 0 Å². The molecule has 6 nitrogen and oxygen atoms in total. The summed E-state index contributed by atoms with van der Waals surface area (Å²) >= 11 is 0. The Balaban J connectivity index is 4.30. The first kappa shape index (κ1) is 54.4. The van der Waals surface area contributed by atoms with Gasteiger partial charge in [-0.25, -0.2) is 0 Å². The molecule has 0 aromatic rings. The first-order valence-corrected chi connectivity index (χ1v) is 24.2. The van der Waals surface area contributed by atoms with Crippen LogP contribution in [-0.4, -0.2) is 37.2 Å². The fourth-order valence-electron chi connectivity index (χ4n) is 6.59. The SMILES string of the molecule is CCCC/C=C\CCCCCCCC(=O)OC(COC(=O)CCC/C=C\CCCCCC)COC(=O)CCCCCCCCCCCC/C=C\C=C/CCCCC. The van der Waals surface area contributed by atoms with Crippen LogP contribution in [0, 0.1) is 0 Å². The number of unbranched alkanes of at least 4 members (excludes halogenated alkanes) is 25. The van der Waals surface area contributed by atoms with Crippen LogP contribution in [0.3, 0.4) is 0 Å². The molecule has 0 aliphatic rings. The molecule has 57 heavy (non-hydrogen) atoms.